The first-order chi connectivity index (χ1) is 20.3. The molecule has 0 spiro atoms. The van der Waals surface area contributed by atoms with E-state index in [4.69, 9.17) is 29.1 Å². The van der Waals surface area contributed by atoms with Crippen molar-refractivity contribution in [1.29, 1.82) is 0 Å². The molecule has 0 saturated carbocycles. The summed E-state index contributed by atoms with van der Waals surface area (Å²) in [5, 5.41) is 0. The minimum Gasteiger partial charge on any atom is -0.453 e. The Labute approximate surface area is 235 Å². The molecule has 2 aromatic heterocycles. The molecule has 7 heteroatoms. The van der Waals surface area contributed by atoms with E-state index in [2.05, 4.69) is 17.0 Å². The first kappa shape index (κ1) is 23.1. The van der Waals surface area contributed by atoms with Gasteiger partial charge in [0.05, 0.1) is 11.4 Å². The SMILES string of the molecule is c1ccc(-c2nc(-c3ccccc3)nc(-c3nc4cc5c(cc4o3)Oc3ccccc3N5c3ccccc3)n2)cc1. The predicted molar refractivity (Wildman–Crippen MR) is 158 cm³/mol. The monoisotopic (exact) mass is 531 g/mol. The van der Waals surface area contributed by atoms with E-state index in [0.717, 1.165) is 33.9 Å². The lowest BCUT2D eigenvalue weighted by molar-refractivity contribution is 0.476. The normalized spacial score (nSPS) is 12.0. The van der Waals surface area contributed by atoms with Crippen molar-refractivity contribution in [1.82, 2.24) is 19.9 Å². The van der Waals surface area contributed by atoms with Crippen LogP contribution in [-0.2, 0) is 0 Å². The molecule has 7 nitrogen and oxygen atoms in total. The van der Waals surface area contributed by atoms with E-state index in [1.54, 1.807) is 0 Å². The first-order valence-corrected chi connectivity index (χ1v) is 13.2. The second kappa shape index (κ2) is 9.43. The highest BCUT2D eigenvalue weighted by molar-refractivity contribution is 5.92. The van der Waals surface area contributed by atoms with Gasteiger partial charge in [0.25, 0.3) is 5.89 Å². The number of nitrogens with zero attached hydrogens (tertiary/aromatic N) is 5. The van der Waals surface area contributed by atoms with Crippen LogP contribution in [-0.4, -0.2) is 19.9 Å². The van der Waals surface area contributed by atoms with Crippen molar-refractivity contribution in [3.63, 3.8) is 0 Å². The summed E-state index contributed by atoms with van der Waals surface area (Å²) in [6.07, 6.45) is 0. The molecule has 41 heavy (non-hydrogen) atoms. The molecule has 8 rings (SSSR count). The Morgan fingerprint density at radius 1 is 0.488 bits per heavy atom. The molecule has 194 valence electrons. The van der Waals surface area contributed by atoms with Gasteiger partial charge >= 0.3 is 0 Å². The van der Waals surface area contributed by atoms with E-state index in [0.29, 0.717) is 40.2 Å². The number of oxazole rings is 1. The fourth-order valence-corrected chi connectivity index (χ4v) is 5.03. The van der Waals surface area contributed by atoms with Crippen molar-refractivity contribution < 1.29 is 9.15 Å². The zero-order valence-electron chi connectivity index (χ0n) is 21.7. The highest BCUT2D eigenvalue weighted by Crippen LogP contribution is 2.51. The number of fused-ring (bicyclic) bond motifs is 3. The summed E-state index contributed by atoms with van der Waals surface area (Å²) in [5.74, 6) is 3.20. The number of aromatic nitrogens is 4. The summed E-state index contributed by atoms with van der Waals surface area (Å²) in [5.41, 5.74) is 5.85. The minimum atomic E-state index is 0.308. The van der Waals surface area contributed by atoms with Crippen molar-refractivity contribution in [3.8, 4) is 46.0 Å². The van der Waals surface area contributed by atoms with Crippen LogP contribution in [0.1, 0.15) is 0 Å². The molecule has 0 radical (unpaired) electrons. The van der Waals surface area contributed by atoms with Gasteiger partial charge in [-0.05, 0) is 30.3 Å². The molecule has 7 aromatic rings. The molecule has 0 amide bonds. The smallest absolute Gasteiger partial charge is 0.266 e. The zero-order valence-corrected chi connectivity index (χ0v) is 21.7. The highest BCUT2D eigenvalue weighted by Gasteiger charge is 2.28. The van der Waals surface area contributed by atoms with Gasteiger partial charge in [0.1, 0.15) is 5.52 Å². The van der Waals surface area contributed by atoms with E-state index in [9.17, 15) is 0 Å². The third kappa shape index (κ3) is 4.08. The lowest BCUT2D eigenvalue weighted by Crippen LogP contribution is -2.15. The molecule has 0 aliphatic carbocycles. The van der Waals surface area contributed by atoms with Crippen LogP contribution >= 0.6 is 0 Å². The zero-order chi connectivity index (χ0) is 27.2. The largest absolute Gasteiger partial charge is 0.453 e. The lowest BCUT2D eigenvalue weighted by atomic mass is 10.1. The fraction of sp³-hybridized carbons (Fsp3) is 0. The maximum absolute atomic E-state index is 6.34. The second-order valence-electron chi connectivity index (χ2n) is 9.59. The van der Waals surface area contributed by atoms with E-state index in [1.165, 1.54) is 0 Å². The van der Waals surface area contributed by atoms with Gasteiger partial charge in [-0.15, -0.1) is 0 Å². The molecule has 1 aliphatic rings. The van der Waals surface area contributed by atoms with Crippen LogP contribution in [0.25, 0.3) is 45.6 Å². The van der Waals surface area contributed by atoms with E-state index in [-0.39, 0.29) is 0 Å². The highest BCUT2D eigenvalue weighted by atomic mass is 16.5. The quantitative estimate of drug-likeness (QED) is 0.225. The van der Waals surface area contributed by atoms with Crippen LogP contribution in [0.4, 0.5) is 17.1 Å². The molecule has 5 aromatic carbocycles. The van der Waals surface area contributed by atoms with Crippen LogP contribution < -0.4 is 9.64 Å². The Balaban J connectivity index is 1.29. The Kier molecular flexibility index (Phi) is 5.31. The standard InChI is InChI=1S/C34H21N5O2/c1-4-12-22(13-5-1)31-36-32(23-14-6-2-7-15-23)38-33(37-31)34-35-25-20-27-30(21-29(25)41-34)40-28-19-11-10-18-26(28)39(27)24-16-8-3-9-17-24/h1-21H. The van der Waals surface area contributed by atoms with Gasteiger partial charge in [0, 0.05) is 22.9 Å². The molecule has 1 aliphatic heterocycles. The Morgan fingerprint density at radius 3 is 1.76 bits per heavy atom. The summed E-state index contributed by atoms with van der Waals surface area (Å²) in [6, 6.07) is 41.7. The van der Waals surface area contributed by atoms with Gasteiger partial charge in [-0.25, -0.2) is 19.9 Å². The first-order valence-electron chi connectivity index (χ1n) is 13.2. The summed E-state index contributed by atoms with van der Waals surface area (Å²) in [4.78, 5) is 21.3. The van der Waals surface area contributed by atoms with Gasteiger partial charge in [0.15, 0.2) is 28.7 Å². The number of benzene rings is 5. The number of para-hydroxylation sites is 3. The van der Waals surface area contributed by atoms with E-state index in [1.807, 2.05) is 115 Å². The van der Waals surface area contributed by atoms with E-state index < -0.39 is 0 Å². The molecule has 0 unspecified atom stereocenters. The average Bonchev–Trinajstić information content (AvgIpc) is 3.46. The predicted octanol–water partition coefficient (Wildman–Crippen LogP) is 8.59. The Bertz CT molecular complexity index is 1970. The third-order valence-electron chi connectivity index (χ3n) is 6.94. The van der Waals surface area contributed by atoms with Crippen molar-refractivity contribution in [2.45, 2.75) is 0 Å². The van der Waals surface area contributed by atoms with E-state index >= 15 is 0 Å². The van der Waals surface area contributed by atoms with Crippen LogP contribution in [0, 0.1) is 0 Å². The van der Waals surface area contributed by atoms with Crippen LogP contribution in [0.15, 0.2) is 132 Å². The summed E-state index contributed by atoms with van der Waals surface area (Å²) >= 11 is 0. The van der Waals surface area contributed by atoms with Crippen molar-refractivity contribution in [3.05, 3.63) is 127 Å². The third-order valence-corrected chi connectivity index (χ3v) is 6.94. The number of rotatable bonds is 4. The minimum absolute atomic E-state index is 0.308. The van der Waals surface area contributed by atoms with Crippen LogP contribution in [0.5, 0.6) is 11.5 Å². The topological polar surface area (TPSA) is 77.2 Å². The summed E-state index contributed by atoms with van der Waals surface area (Å²) in [6.45, 7) is 0. The van der Waals surface area contributed by atoms with Crippen molar-refractivity contribution in [2.24, 2.45) is 0 Å². The molecule has 0 N–H and O–H groups in total. The molecule has 0 saturated heterocycles. The summed E-state index contributed by atoms with van der Waals surface area (Å²) in [7, 11) is 0. The number of hydrogen-bond donors (Lipinski definition) is 0. The molecule has 0 fully saturated rings. The Morgan fingerprint density at radius 2 is 1.07 bits per heavy atom. The van der Waals surface area contributed by atoms with Crippen LogP contribution in [0.3, 0.4) is 0 Å². The van der Waals surface area contributed by atoms with Crippen molar-refractivity contribution in [2.75, 3.05) is 4.90 Å². The molecule has 0 bridgehead atoms. The van der Waals surface area contributed by atoms with Gasteiger partial charge < -0.3 is 14.1 Å². The molecular formula is C34H21N5O2. The Hall–Kier alpha value is -5.82. The summed E-state index contributed by atoms with van der Waals surface area (Å²) < 4.78 is 12.6. The second-order valence-corrected chi connectivity index (χ2v) is 9.59. The van der Waals surface area contributed by atoms with Gasteiger partial charge in [0.2, 0.25) is 5.82 Å². The number of ether oxygens (including phenoxy) is 1. The lowest BCUT2D eigenvalue weighted by Gasteiger charge is -2.32. The van der Waals surface area contributed by atoms with Gasteiger partial charge in [-0.1, -0.05) is 91.0 Å². The van der Waals surface area contributed by atoms with Gasteiger partial charge in [-0.2, -0.15) is 0 Å². The maximum Gasteiger partial charge on any atom is 0.266 e. The molecular weight excluding hydrogens is 510 g/mol. The number of hydrogen-bond acceptors (Lipinski definition) is 7. The number of anilines is 3. The van der Waals surface area contributed by atoms with Crippen LogP contribution in [0.2, 0.25) is 0 Å². The average molecular weight is 532 g/mol. The fourth-order valence-electron chi connectivity index (χ4n) is 5.03. The van der Waals surface area contributed by atoms with Crippen molar-refractivity contribution >= 4 is 28.2 Å². The maximum atomic E-state index is 6.34. The molecule has 0 atom stereocenters. The molecule has 3 heterocycles. The van der Waals surface area contributed by atoms with Gasteiger partial charge in [-0.3, -0.25) is 0 Å².